The number of hydrogen-bond acceptors (Lipinski definition) is 5. The van der Waals surface area contributed by atoms with Crippen molar-refractivity contribution in [3.8, 4) is 0 Å². The maximum atomic E-state index is 12.3. The summed E-state index contributed by atoms with van der Waals surface area (Å²) in [6, 6.07) is 1.61. The van der Waals surface area contributed by atoms with E-state index in [0.717, 1.165) is 18.7 Å². The molecule has 1 atom stereocenters. The third-order valence-corrected chi connectivity index (χ3v) is 4.52. The zero-order chi connectivity index (χ0) is 15.9. The van der Waals surface area contributed by atoms with Crippen LogP contribution in [0.15, 0.2) is 17.2 Å². The highest BCUT2D eigenvalue weighted by Gasteiger charge is 2.19. The number of nitrogens with zero attached hydrogens (tertiary/aromatic N) is 1. The fourth-order valence-electron chi connectivity index (χ4n) is 1.98. The molecule has 0 saturated carbocycles. The number of aromatic nitrogens is 1. The lowest BCUT2D eigenvalue weighted by atomic mass is 10.4. The Balaban J connectivity index is 2.82. The second-order valence-electron chi connectivity index (χ2n) is 4.73. The normalized spacial score (nSPS) is 13.5. The molecule has 0 saturated heterocycles. The van der Waals surface area contributed by atoms with Crippen molar-refractivity contribution in [3.05, 3.63) is 18.0 Å². The van der Waals surface area contributed by atoms with Crippen LogP contribution in [0, 0.1) is 0 Å². The van der Waals surface area contributed by atoms with Crippen molar-refractivity contribution in [1.29, 1.82) is 0 Å². The van der Waals surface area contributed by atoms with Gasteiger partial charge in [0.1, 0.15) is 0 Å². The largest absolute Gasteiger partial charge is 0.382 e. The van der Waals surface area contributed by atoms with Crippen LogP contribution in [0.5, 0.6) is 0 Å². The molecule has 1 unspecified atom stereocenters. The van der Waals surface area contributed by atoms with Crippen LogP contribution >= 0.6 is 0 Å². The molecule has 3 N–H and O–H groups in total. The van der Waals surface area contributed by atoms with Crippen LogP contribution in [0.1, 0.15) is 19.0 Å². The summed E-state index contributed by atoms with van der Waals surface area (Å²) in [7, 11) is -0.519. The van der Waals surface area contributed by atoms with Gasteiger partial charge in [0, 0.05) is 45.7 Å². The first-order valence-electron chi connectivity index (χ1n) is 6.89. The van der Waals surface area contributed by atoms with Crippen LogP contribution in [0.2, 0.25) is 0 Å². The zero-order valence-electron chi connectivity index (χ0n) is 12.8. The summed E-state index contributed by atoms with van der Waals surface area (Å²) < 4.78 is 39.1. The highest BCUT2D eigenvalue weighted by Crippen LogP contribution is 2.15. The Labute approximate surface area is 126 Å². The summed E-state index contributed by atoms with van der Waals surface area (Å²) in [4.78, 5) is 0.226. The van der Waals surface area contributed by atoms with Gasteiger partial charge in [-0.25, -0.2) is 13.1 Å². The van der Waals surface area contributed by atoms with E-state index in [1.54, 1.807) is 19.4 Å². The van der Waals surface area contributed by atoms with Crippen molar-refractivity contribution < 1.29 is 17.9 Å². The summed E-state index contributed by atoms with van der Waals surface area (Å²) in [5, 5.41) is 0. The molecule has 0 bridgehead atoms. The summed E-state index contributed by atoms with van der Waals surface area (Å²) in [6.45, 7) is 3.56. The van der Waals surface area contributed by atoms with E-state index >= 15 is 0 Å². The van der Waals surface area contributed by atoms with Gasteiger partial charge in [0.25, 0.3) is 0 Å². The molecule has 0 aliphatic carbocycles. The number of sulfonamides is 1. The van der Waals surface area contributed by atoms with Gasteiger partial charge < -0.3 is 19.8 Å². The predicted molar refractivity (Wildman–Crippen MR) is 80.5 cm³/mol. The summed E-state index contributed by atoms with van der Waals surface area (Å²) >= 11 is 0. The molecule has 1 aromatic rings. The smallest absolute Gasteiger partial charge is 0.242 e. The monoisotopic (exact) mass is 319 g/mol. The first-order valence-corrected chi connectivity index (χ1v) is 8.37. The number of rotatable bonds is 10. The Morgan fingerprint density at radius 3 is 2.67 bits per heavy atom. The number of nitrogens with one attached hydrogen (secondary N) is 1. The molecule has 1 rings (SSSR count). The van der Waals surface area contributed by atoms with Gasteiger partial charge in [0.05, 0.1) is 17.6 Å². The fourth-order valence-corrected chi connectivity index (χ4v) is 3.10. The van der Waals surface area contributed by atoms with E-state index in [1.165, 1.54) is 7.11 Å². The molecule has 1 heterocycles. The lowest BCUT2D eigenvalue weighted by Gasteiger charge is -2.14. The average molecular weight is 319 g/mol. The quantitative estimate of drug-likeness (QED) is 0.646. The van der Waals surface area contributed by atoms with Crippen LogP contribution in [-0.4, -0.2) is 46.5 Å². The maximum absolute atomic E-state index is 12.3. The third kappa shape index (κ3) is 5.08. The van der Waals surface area contributed by atoms with Crippen molar-refractivity contribution >= 4 is 10.0 Å². The minimum absolute atomic E-state index is 0.156. The Kier molecular flexibility index (Phi) is 7.33. The molecular formula is C13H25N3O4S. The van der Waals surface area contributed by atoms with Crippen LogP contribution in [0.4, 0.5) is 0 Å². The van der Waals surface area contributed by atoms with Gasteiger partial charge in [-0.15, -0.1) is 0 Å². The van der Waals surface area contributed by atoms with Gasteiger partial charge in [0.15, 0.2) is 0 Å². The van der Waals surface area contributed by atoms with Crippen molar-refractivity contribution in [2.24, 2.45) is 5.73 Å². The van der Waals surface area contributed by atoms with Gasteiger partial charge in [-0.1, -0.05) is 6.92 Å². The minimum Gasteiger partial charge on any atom is -0.382 e. The molecule has 7 nitrogen and oxygen atoms in total. The molecule has 0 aliphatic rings. The predicted octanol–water partition coefficient (Wildman–Crippen LogP) is 0.297. The van der Waals surface area contributed by atoms with Crippen molar-refractivity contribution in [1.82, 2.24) is 9.29 Å². The number of aryl methyl sites for hydroxylation is 1. The van der Waals surface area contributed by atoms with E-state index < -0.39 is 10.0 Å². The number of ether oxygens (including phenoxy) is 2. The van der Waals surface area contributed by atoms with Crippen LogP contribution in [0.3, 0.4) is 0 Å². The third-order valence-electron chi connectivity index (χ3n) is 3.13. The van der Waals surface area contributed by atoms with Gasteiger partial charge in [0.2, 0.25) is 10.0 Å². The second kappa shape index (κ2) is 8.50. The second-order valence-corrected chi connectivity index (χ2v) is 6.50. The molecule has 0 aromatic carbocycles. The molecule has 8 heteroatoms. The summed E-state index contributed by atoms with van der Waals surface area (Å²) in [5.74, 6) is 0. The van der Waals surface area contributed by atoms with Gasteiger partial charge >= 0.3 is 0 Å². The molecule has 21 heavy (non-hydrogen) atoms. The molecule has 0 aliphatic heterocycles. The molecule has 0 spiro atoms. The van der Waals surface area contributed by atoms with Crippen LogP contribution in [-0.2, 0) is 32.6 Å². The van der Waals surface area contributed by atoms with Crippen molar-refractivity contribution in [2.75, 3.05) is 27.4 Å². The Bertz CT molecular complexity index is 528. The first kappa shape index (κ1) is 18.1. The standard InChI is InChI=1S/C13H25N3O4S/c1-4-5-16-9-13(6-11(16)7-14)21(17,18)15-8-12(20-3)10-19-2/h6,9,12,15H,4-5,7-8,10,14H2,1-3H3. The van der Waals surface area contributed by atoms with Crippen LogP contribution < -0.4 is 10.5 Å². The minimum atomic E-state index is -3.58. The highest BCUT2D eigenvalue weighted by atomic mass is 32.2. The Hall–Kier alpha value is -0.930. The zero-order valence-corrected chi connectivity index (χ0v) is 13.6. The number of hydrogen-bond donors (Lipinski definition) is 2. The fraction of sp³-hybridized carbons (Fsp3) is 0.692. The van der Waals surface area contributed by atoms with E-state index in [2.05, 4.69) is 4.72 Å². The SMILES string of the molecule is CCCn1cc(S(=O)(=O)NCC(COC)OC)cc1CN. The van der Waals surface area contributed by atoms with Crippen molar-refractivity contribution in [2.45, 2.75) is 37.4 Å². The summed E-state index contributed by atoms with van der Waals surface area (Å²) in [5.41, 5.74) is 6.45. The van der Waals surface area contributed by atoms with E-state index in [1.807, 2.05) is 11.5 Å². The topological polar surface area (TPSA) is 95.6 Å². The molecule has 0 amide bonds. The molecule has 0 radical (unpaired) electrons. The molecule has 122 valence electrons. The number of methoxy groups -OCH3 is 2. The average Bonchev–Trinajstić information content (AvgIpc) is 2.88. The molecular weight excluding hydrogens is 294 g/mol. The van der Waals surface area contributed by atoms with E-state index in [-0.39, 0.29) is 17.5 Å². The van der Waals surface area contributed by atoms with Crippen molar-refractivity contribution in [3.63, 3.8) is 0 Å². The van der Waals surface area contributed by atoms with E-state index in [9.17, 15) is 8.42 Å². The Morgan fingerprint density at radius 1 is 1.43 bits per heavy atom. The van der Waals surface area contributed by atoms with Gasteiger partial charge in [-0.05, 0) is 12.5 Å². The number of nitrogens with two attached hydrogens (primary N) is 1. The first-order chi connectivity index (χ1) is 9.98. The Morgan fingerprint density at radius 2 is 2.14 bits per heavy atom. The van der Waals surface area contributed by atoms with Gasteiger partial charge in [-0.2, -0.15) is 0 Å². The highest BCUT2D eigenvalue weighted by molar-refractivity contribution is 7.89. The van der Waals surface area contributed by atoms with E-state index in [0.29, 0.717) is 13.2 Å². The lowest BCUT2D eigenvalue weighted by Crippen LogP contribution is -2.35. The molecule has 1 aromatic heterocycles. The van der Waals surface area contributed by atoms with Crippen LogP contribution in [0.25, 0.3) is 0 Å². The van der Waals surface area contributed by atoms with Gasteiger partial charge in [-0.3, -0.25) is 0 Å². The molecule has 0 fully saturated rings. The lowest BCUT2D eigenvalue weighted by molar-refractivity contribution is 0.0320. The van der Waals surface area contributed by atoms with E-state index in [4.69, 9.17) is 15.2 Å². The maximum Gasteiger partial charge on any atom is 0.242 e. The summed E-state index contributed by atoms with van der Waals surface area (Å²) in [6.07, 6.45) is 2.21.